The highest BCUT2D eigenvalue weighted by Crippen LogP contribution is 2.25. The highest BCUT2D eigenvalue weighted by Gasteiger charge is 2.19. The minimum atomic E-state index is 0.688. The first-order valence-electron chi connectivity index (χ1n) is 4.15. The average Bonchev–Trinajstić information content (AvgIpc) is 2.28. The third-order valence-electron chi connectivity index (χ3n) is 2.16. The zero-order valence-electron chi connectivity index (χ0n) is 7.26. The molecule has 0 aromatic carbocycles. The predicted molar refractivity (Wildman–Crippen MR) is 57.3 cm³/mol. The Hall–Kier alpha value is -0.260. The van der Waals surface area contributed by atoms with Crippen LogP contribution in [-0.4, -0.2) is 16.3 Å². The van der Waals surface area contributed by atoms with E-state index in [4.69, 9.17) is 0 Å². The fraction of sp³-hybridized carbons (Fsp3) is 0.625. The second-order valence-corrected chi connectivity index (χ2v) is 4.49. The normalized spacial score (nSPS) is 21.8. The van der Waals surface area contributed by atoms with Crippen molar-refractivity contribution in [3.05, 3.63) is 9.26 Å². The standard InChI is InChI=1S/C8H12IN3/c1-5-3-10-8-7(9)6(2)11-12(8)4-5/h5,10H,3-4H2,1-2H3. The number of hydrogen-bond acceptors (Lipinski definition) is 2. The molecule has 0 spiro atoms. The van der Waals surface area contributed by atoms with Crippen LogP contribution in [0.15, 0.2) is 0 Å². The summed E-state index contributed by atoms with van der Waals surface area (Å²) in [6.45, 7) is 6.41. The Morgan fingerprint density at radius 3 is 3.17 bits per heavy atom. The van der Waals surface area contributed by atoms with Crippen LogP contribution in [-0.2, 0) is 6.54 Å². The molecule has 0 amide bonds. The van der Waals surface area contributed by atoms with Gasteiger partial charge in [-0.15, -0.1) is 0 Å². The van der Waals surface area contributed by atoms with Crippen LogP contribution in [0.3, 0.4) is 0 Å². The maximum atomic E-state index is 4.45. The van der Waals surface area contributed by atoms with E-state index in [0.717, 1.165) is 18.8 Å². The lowest BCUT2D eigenvalue weighted by Crippen LogP contribution is -2.25. The van der Waals surface area contributed by atoms with Crippen molar-refractivity contribution in [1.82, 2.24) is 9.78 Å². The molecule has 1 N–H and O–H groups in total. The zero-order chi connectivity index (χ0) is 8.72. The van der Waals surface area contributed by atoms with E-state index in [9.17, 15) is 0 Å². The molecule has 66 valence electrons. The number of rotatable bonds is 0. The molecule has 2 heterocycles. The molecule has 0 bridgehead atoms. The summed E-state index contributed by atoms with van der Waals surface area (Å²) < 4.78 is 3.34. The highest BCUT2D eigenvalue weighted by atomic mass is 127. The average molecular weight is 277 g/mol. The smallest absolute Gasteiger partial charge is 0.138 e. The van der Waals surface area contributed by atoms with Crippen molar-refractivity contribution in [2.24, 2.45) is 5.92 Å². The van der Waals surface area contributed by atoms with Crippen LogP contribution in [0.2, 0.25) is 0 Å². The summed E-state index contributed by atoms with van der Waals surface area (Å²) in [5.74, 6) is 1.89. The molecule has 3 nitrogen and oxygen atoms in total. The molecule has 0 saturated heterocycles. The van der Waals surface area contributed by atoms with Gasteiger partial charge in [0.25, 0.3) is 0 Å². The van der Waals surface area contributed by atoms with Gasteiger partial charge in [-0.2, -0.15) is 5.10 Å². The molecule has 1 unspecified atom stereocenters. The molecule has 0 radical (unpaired) electrons. The maximum Gasteiger partial charge on any atom is 0.138 e. The topological polar surface area (TPSA) is 29.9 Å². The van der Waals surface area contributed by atoms with E-state index >= 15 is 0 Å². The summed E-state index contributed by atoms with van der Waals surface area (Å²) in [5, 5.41) is 7.84. The SMILES string of the molecule is Cc1nn2c(c1I)NCC(C)C2. The summed E-state index contributed by atoms with van der Waals surface area (Å²) in [5.41, 5.74) is 1.13. The summed E-state index contributed by atoms with van der Waals surface area (Å²) >= 11 is 2.34. The van der Waals surface area contributed by atoms with E-state index in [-0.39, 0.29) is 0 Å². The summed E-state index contributed by atoms with van der Waals surface area (Å²) in [7, 11) is 0. The minimum Gasteiger partial charge on any atom is -0.369 e. The van der Waals surface area contributed by atoms with Gasteiger partial charge in [0.2, 0.25) is 0 Å². The van der Waals surface area contributed by atoms with E-state index in [1.54, 1.807) is 0 Å². The van der Waals surface area contributed by atoms with Crippen molar-refractivity contribution >= 4 is 28.4 Å². The Morgan fingerprint density at radius 2 is 2.42 bits per heavy atom. The molecule has 12 heavy (non-hydrogen) atoms. The van der Waals surface area contributed by atoms with Gasteiger partial charge in [0, 0.05) is 13.1 Å². The number of anilines is 1. The van der Waals surface area contributed by atoms with Crippen LogP contribution in [0, 0.1) is 16.4 Å². The third-order valence-corrected chi connectivity index (χ3v) is 3.45. The van der Waals surface area contributed by atoms with Crippen LogP contribution < -0.4 is 5.32 Å². The fourth-order valence-corrected chi connectivity index (χ4v) is 2.07. The first-order chi connectivity index (χ1) is 5.68. The van der Waals surface area contributed by atoms with E-state index in [0.29, 0.717) is 5.92 Å². The molecule has 1 aliphatic heterocycles. The Kier molecular flexibility index (Phi) is 2.02. The first-order valence-corrected chi connectivity index (χ1v) is 5.23. The number of fused-ring (bicyclic) bond motifs is 1. The van der Waals surface area contributed by atoms with E-state index < -0.39 is 0 Å². The highest BCUT2D eigenvalue weighted by molar-refractivity contribution is 14.1. The Balaban J connectivity index is 2.43. The fourth-order valence-electron chi connectivity index (χ4n) is 1.49. The second-order valence-electron chi connectivity index (χ2n) is 3.42. The van der Waals surface area contributed by atoms with Crippen molar-refractivity contribution in [1.29, 1.82) is 0 Å². The Morgan fingerprint density at radius 1 is 1.67 bits per heavy atom. The summed E-state index contributed by atoms with van der Waals surface area (Å²) in [6, 6.07) is 0. The van der Waals surface area contributed by atoms with Crippen molar-refractivity contribution in [2.75, 3.05) is 11.9 Å². The molecular weight excluding hydrogens is 265 g/mol. The van der Waals surface area contributed by atoms with Gasteiger partial charge in [-0.25, -0.2) is 4.68 Å². The molecule has 4 heteroatoms. The van der Waals surface area contributed by atoms with E-state index in [1.807, 2.05) is 0 Å². The van der Waals surface area contributed by atoms with Crippen molar-refractivity contribution in [2.45, 2.75) is 20.4 Å². The van der Waals surface area contributed by atoms with Crippen LogP contribution in [0.4, 0.5) is 5.82 Å². The first kappa shape index (κ1) is 8.34. The molecule has 1 aromatic heterocycles. The van der Waals surface area contributed by atoms with Crippen molar-refractivity contribution < 1.29 is 0 Å². The molecule has 2 rings (SSSR count). The Labute approximate surface area is 85.7 Å². The molecule has 0 fully saturated rings. The van der Waals surface area contributed by atoms with Crippen LogP contribution in [0.5, 0.6) is 0 Å². The number of aryl methyl sites for hydroxylation is 1. The van der Waals surface area contributed by atoms with E-state index in [2.05, 4.69) is 51.5 Å². The van der Waals surface area contributed by atoms with Crippen LogP contribution in [0.25, 0.3) is 0 Å². The van der Waals surface area contributed by atoms with Gasteiger partial charge in [0.05, 0.1) is 9.26 Å². The van der Waals surface area contributed by atoms with Gasteiger partial charge in [0.15, 0.2) is 0 Å². The van der Waals surface area contributed by atoms with Gasteiger partial charge in [-0.1, -0.05) is 6.92 Å². The van der Waals surface area contributed by atoms with Crippen molar-refractivity contribution in [3.8, 4) is 0 Å². The van der Waals surface area contributed by atoms with Crippen LogP contribution in [0.1, 0.15) is 12.6 Å². The van der Waals surface area contributed by atoms with Crippen molar-refractivity contribution in [3.63, 3.8) is 0 Å². The van der Waals surface area contributed by atoms with Crippen LogP contribution >= 0.6 is 22.6 Å². The second kappa shape index (κ2) is 2.90. The number of aromatic nitrogens is 2. The zero-order valence-corrected chi connectivity index (χ0v) is 9.42. The lowest BCUT2D eigenvalue weighted by Gasteiger charge is -2.21. The monoisotopic (exact) mass is 277 g/mol. The molecule has 1 aliphatic rings. The minimum absolute atomic E-state index is 0.688. The molecule has 1 atom stereocenters. The summed E-state index contributed by atoms with van der Waals surface area (Å²) in [6.07, 6.45) is 0. The molecule has 0 aliphatic carbocycles. The quantitative estimate of drug-likeness (QED) is 0.733. The van der Waals surface area contributed by atoms with E-state index in [1.165, 1.54) is 9.39 Å². The number of halogens is 1. The third kappa shape index (κ3) is 1.22. The molecule has 1 aromatic rings. The Bertz CT molecular complexity index is 305. The predicted octanol–water partition coefficient (Wildman–Crippen LogP) is 1.86. The number of hydrogen-bond donors (Lipinski definition) is 1. The lowest BCUT2D eigenvalue weighted by molar-refractivity contribution is 0.443. The van der Waals surface area contributed by atoms with Gasteiger partial charge in [-0.3, -0.25) is 0 Å². The van der Waals surface area contributed by atoms with Gasteiger partial charge < -0.3 is 5.32 Å². The maximum absolute atomic E-state index is 4.45. The van der Waals surface area contributed by atoms with Gasteiger partial charge >= 0.3 is 0 Å². The molecular formula is C8H12IN3. The largest absolute Gasteiger partial charge is 0.369 e. The van der Waals surface area contributed by atoms with Gasteiger partial charge in [-0.05, 0) is 35.4 Å². The van der Waals surface area contributed by atoms with Gasteiger partial charge in [0.1, 0.15) is 5.82 Å². The number of nitrogens with zero attached hydrogens (tertiary/aromatic N) is 2. The summed E-state index contributed by atoms with van der Waals surface area (Å²) in [4.78, 5) is 0. The number of nitrogens with one attached hydrogen (secondary N) is 1. The molecule has 0 saturated carbocycles. The lowest BCUT2D eigenvalue weighted by atomic mass is 10.1.